The summed E-state index contributed by atoms with van der Waals surface area (Å²) in [7, 11) is 0. The van der Waals surface area contributed by atoms with E-state index in [9.17, 15) is 13.2 Å². The van der Waals surface area contributed by atoms with Gasteiger partial charge >= 0.3 is 6.18 Å². The van der Waals surface area contributed by atoms with Crippen LogP contribution >= 0.6 is 0 Å². The van der Waals surface area contributed by atoms with E-state index < -0.39 is 11.7 Å². The van der Waals surface area contributed by atoms with Crippen molar-refractivity contribution in [2.24, 2.45) is 5.84 Å². The Morgan fingerprint density at radius 3 is 2.86 bits per heavy atom. The molecule has 8 heteroatoms. The lowest BCUT2D eigenvalue weighted by Crippen LogP contribution is -2.49. The van der Waals surface area contributed by atoms with Crippen LogP contribution in [0.4, 0.5) is 24.8 Å². The monoisotopic (exact) mass is 302 g/mol. The number of nitrogens with one attached hydrogen (secondary N) is 1. The molecule has 116 valence electrons. The van der Waals surface area contributed by atoms with Crippen LogP contribution in [0.5, 0.6) is 0 Å². The molecule has 3 rings (SSSR count). The zero-order valence-corrected chi connectivity index (χ0v) is 11.4. The highest BCUT2D eigenvalue weighted by Crippen LogP contribution is 2.36. The van der Waals surface area contributed by atoms with Gasteiger partial charge in [-0.05, 0) is 31.4 Å². The summed E-state index contributed by atoms with van der Waals surface area (Å²) in [5.74, 6) is 5.56. The van der Waals surface area contributed by atoms with Gasteiger partial charge in [0.05, 0.1) is 24.3 Å². The minimum Gasteiger partial charge on any atom is -0.374 e. The van der Waals surface area contributed by atoms with Crippen molar-refractivity contribution >= 4 is 11.6 Å². The lowest BCUT2D eigenvalue weighted by atomic mass is 10.1. The van der Waals surface area contributed by atoms with Crippen molar-refractivity contribution in [1.29, 1.82) is 0 Å². The van der Waals surface area contributed by atoms with E-state index in [0.717, 1.165) is 31.4 Å². The van der Waals surface area contributed by atoms with Gasteiger partial charge < -0.3 is 15.1 Å². The highest BCUT2D eigenvalue weighted by atomic mass is 19.4. The largest absolute Gasteiger partial charge is 0.416 e. The molecular weight excluding hydrogens is 285 g/mol. The van der Waals surface area contributed by atoms with Gasteiger partial charge in [-0.15, -0.1) is 0 Å². The molecule has 5 nitrogen and oxygen atoms in total. The number of nitrogens with zero attached hydrogens (tertiary/aromatic N) is 2. The highest BCUT2D eigenvalue weighted by molar-refractivity contribution is 5.52. The molecule has 21 heavy (non-hydrogen) atoms. The Hall–Kier alpha value is -1.54. The van der Waals surface area contributed by atoms with Gasteiger partial charge in [0.25, 0.3) is 0 Å². The first-order valence-electron chi connectivity index (χ1n) is 6.93. The molecule has 2 heterocycles. The van der Waals surface area contributed by atoms with Crippen LogP contribution < -0.4 is 16.2 Å². The number of morpholine rings is 1. The number of anilines is 2. The fraction of sp³-hybridized carbons (Fsp3) is 0.615. The van der Waals surface area contributed by atoms with Crippen LogP contribution in [0, 0.1) is 0 Å². The number of rotatable bonds is 2. The number of pyridine rings is 1. The van der Waals surface area contributed by atoms with Crippen LogP contribution in [0.15, 0.2) is 12.1 Å². The second kappa shape index (κ2) is 5.34. The zero-order chi connectivity index (χ0) is 15.0. The van der Waals surface area contributed by atoms with E-state index in [1.54, 1.807) is 0 Å². The van der Waals surface area contributed by atoms with Crippen molar-refractivity contribution in [2.75, 3.05) is 23.5 Å². The third-order valence-electron chi connectivity index (χ3n) is 4.06. The molecule has 0 spiro atoms. The molecule has 0 radical (unpaired) electrons. The number of alkyl halides is 3. The molecule has 0 aromatic carbocycles. The number of nitrogens with two attached hydrogens (primary N) is 1. The molecule has 1 aliphatic carbocycles. The van der Waals surface area contributed by atoms with Gasteiger partial charge in [0.1, 0.15) is 11.6 Å². The Morgan fingerprint density at radius 2 is 2.14 bits per heavy atom. The average Bonchev–Trinajstić information content (AvgIpc) is 2.94. The Labute approximate surface area is 120 Å². The van der Waals surface area contributed by atoms with Crippen LogP contribution in [0.25, 0.3) is 0 Å². The summed E-state index contributed by atoms with van der Waals surface area (Å²) in [6.45, 7) is 1.05. The van der Waals surface area contributed by atoms with E-state index in [2.05, 4.69) is 10.4 Å². The first kappa shape index (κ1) is 14.4. The summed E-state index contributed by atoms with van der Waals surface area (Å²) in [6, 6.07) is 2.10. The predicted molar refractivity (Wildman–Crippen MR) is 71.8 cm³/mol. The molecular formula is C13H17F3N4O. The first-order chi connectivity index (χ1) is 9.99. The number of hydrazine groups is 1. The van der Waals surface area contributed by atoms with Gasteiger partial charge in [-0.1, -0.05) is 0 Å². The van der Waals surface area contributed by atoms with Crippen LogP contribution in [0.2, 0.25) is 0 Å². The third kappa shape index (κ3) is 2.77. The molecule has 0 bridgehead atoms. The van der Waals surface area contributed by atoms with E-state index in [1.165, 1.54) is 0 Å². The topological polar surface area (TPSA) is 63.4 Å². The van der Waals surface area contributed by atoms with Crippen LogP contribution in [0.1, 0.15) is 24.8 Å². The minimum absolute atomic E-state index is 0.0147. The molecule has 0 amide bonds. The molecule has 2 fully saturated rings. The van der Waals surface area contributed by atoms with Crippen molar-refractivity contribution in [1.82, 2.24) is 4.98 Å². The smallest absolute Gasteiger partial charge is 0.374 e. The van der Waals surface area contributed by atoms with E-state index in [1.807, 2.05) is 4.90 Å². The Balaban J connectivity index is 1.97. The average molecular weight is 302 g/mol. The lowest BCUT2D eigenvalue weighted by molar-refractivity contribution is -0.137. The standard InChI is InChI=1S/C13H17F3N4O/c14-13(15,16)8-6-11(19-17)18-12(7-8)20-4-5-21-10-3-1-2-9(10)20/h6-7,9-10H,1-5,17H2,(H,18,19). The second-order valence-electron chi connectivity index (χ2n) is 5.34. The number of halogens is 3. The number of ether oxygens (including phenoxy) is 1. The van der Waals surface area contributed by atoms with Gasteiger partial charge in [-0.25, -0.2) is 10.8 Å². The van der Waals surface area contributed by atoms with Gasteiger partial charge in [0.15, 0.2) is 0 Å². The van der Waals surface area contributed by atoms with Crippen LogP contribution in [-0.4, -0.2) is 30.3 Å². The molecule has 2 atom stereocenters. The highest BCUT2D eigenvalue weighted by Gasteiger charge is 2.38. The number of fused-ring (bicyclic) bond motifs is 1. The summed E-state index contributed by atoms with van der Waals surface area (Å²) >= 11 is 0. The van der Waals surface area contributed by atoms with Crippen molar-refractivity contribution in [3.8, 4) is 0 Å². The maximum atomic E-state index is 13.0. The number of hydrogen-bond donors (Lipinski definition) is 2. The summed E-state index contributed by atoms with van der Waals surface area (Å²) in [5.41, 5.74) is 1.46. The summed E-state index contributed by atoms with van der Waals surface area (Å²) in [6.07, 6.45) is -1.46. The van der Waals surface area contributed by atoms with Gasteiger partial charge in [0.2, 0.25) is 0 Å². The molecule has 2 unspecified atom stereocenters. The normalized spacial score (nSPS) is 25.8. The third-order valence-corrected chi connectivity index (χ3v) is 4.06. The van der Waals surface area contributed by atoms with Gasteiger partial charge in [0, 0.05) is 6.54 Å². The van der Waals surface area contributed by atoms with E-state index in [0.29, 0.717) is 19.0 Å². The van der Waals surface area contributed by atoms with Crippen molar-refractivity contribution in [3.63, 3.8) is 0 Å². The number of hydrogen-bond acceptors (Lipinski definition) is 5. The maximum absolute atomic E-state index is 13.0. The Kier molecular flexibility index (Phi) is 3.66. The fourth-order valence-electron chi connectivity index (χ4n) is 3.11. The fourth-order valence-corrected chi connectivity index (χ4v) is 3.11. The number of nitrogen functional groups attached to an aromatic ring is 1. The zero-order valence-electron chi connectivity index (χ0n) is 11.4. The SMILES string of the molecule is NNc1cc(C(F)(F)F)cc(N2CCOC3CCCC32)n1. The summed E-state index contributed by atoms with van der Waals surface area (Å²) < 4.78 is 44.6. The van der Waals surface area contributed by atoms with Crippen LogP contribution in [0.3, 0.4) is 0 Å². The molecule has 1 saturated heterocycles. The second-order valence-corrected chi connectivity index (χ2v) is 5.34. The molecule has 2 aliphatic rings. The lowest BCUT2D eigenvalue weighted by Gasteiger charge is -2.38. The minimum atomic E-state index is -4.43. The Morgan fingerprint density at radius 1 is 1.33 bits per heavy atom. The van der Waals surface area contributed by atoms with Crippen LogP contribution in [-0.2, 0) is 10.9 Å². The van der Waals surface area contributed by atoms with Gasteiger partial charge in [-0.3, -0.25) is 0 Å². The predicted octanol–water partition coefficient (Wildman–Crippen LogP) is 2.14. The number of aromatic nitrogens is 1. The van der Waals surface area contributed by atoms with Crippen molar-refractivity contribution in [2.45, 2.75) is 37.6 Å². The van der Waals surface area contributed by atoms with E-state index >= 15 is 0 Å². The van der Waals surface area contributed by atoms with E-state index in [-0.39, 0.29) is 18.0 Å². The molecule has 1 aliphatic heterocycles. The first-order valence-corrected chi connectivity index (χ1v) is 6.93. The molecule has 1 aromatic rings. The Bertz CT molecular complexity index is 523. The van der Waals surface area contributed by atoms with Crippen molar-refractivity contribution in [3.05, 3.63) is 17.7 Å². The van der Waals surface area contributed by atoms with E-state index in [4.69, 9.17) is 10.6 Å². The molecule has 1 saturated carbocycles. The maximum Gasteiger partial charge on any atom is 0.416 e. The summed E-state index contributed by atoms with van der Waals surface area (Å²) in [4.78, 5) is 6.10. The van der Waals surface area contributed by atoms with Gasteiger partial charge in [-0.2, -0.15) is 13.2 Å². The van der Waals surface area contributed by atoms with Crippen molar-refractivity contribution < 1.29 is 17.9 Å². The summed E-state index contributed by atoms with van der Waals surface area (Å²) in [5, 5.41) is 0. The quantitative estimate of drug-likeness (QED) is 0.647. The molecule has 3 N–H and O–H groups in total. The molecule has 1 aromatic heterocycles.